The van der Waals surface area contributed by atoms with E-state index in [-0.39, 0.29) is 22.0 Å². The second-order valence-corrected chi connectivity index (χ2v) is 8.67. The molecule has 9 nitrogen and oxygen atoms in total. The summed E-state index contributed by atoms with van der Waals surface area (Å²) in [5.41, 5.74) is 4.01. The molecule has 0 unspecified atom stereocenters. The van der Waals surface area contributed by atoms with Gasteiger partial charge in [-0.2, -0.15) is 5.10 Å². The second kappa shape index (κ2) is 9.67. The van der Waals surface area contributed by atoms with Crippen molar-refractivity contribution in [1.82, 2.24) is 0 Å². The molecule has 0 aliphatic rings. The fraction of sp³-hybridized carbons (Fsp3) is 0.0952. The van der Waals surface area contributed by atoms with Crippen LogP contribution in [0.2, 0.25) is 5.02 Å². The highest BCUT2D eigenvalue weighted by molar-refractivity contribution is 7.92. The molecule has 0 heterocycles. The number of hydrazone groups is 1. The number of nitrogens with zero attached hydrogens (tertiary/aromatic N) is 2. The van der Waals surface area contributed by atoms with Crippen LogP contribution in [-0.4, -0.2) is 26.2 Å². The molecule has 0 aliphatic carbocycles. The minimum Gasteiger partial charge on any atom is -0.497 e. The standard InChI is InChI=1S/C21H19ClN4O5S/c1-14(15-3-10-19(31-2)11-4-15)23-24-20-12-9-18(26(27)28)13-21(20)32(29,30)25-17-7-5-16(22)6-8-17/h3-13,24-25H,1-2H3. The summed E-state index contributed by atoms with van der Waals surface area (Å²) in [7, 11) is -2.62. The summed E-state index contributed by atoms with van der Waals surface area (Å²) in [6, 6.07) is 16.6. The van der Waals surface area contributed by atoms with Gasteiger partial charge in [-0.1, -0.05) is 11.6 Å². The second-order valence-electron chi connectivity index (χ2n) is 6.59. The molecule has 3 aromatic carbocycles. The van der Waals surface area contributed by atoms with E-state index in [0.717, 1.165) is 11.6 Å². The maximum absolute atomic E-state index is 13.0. The number of hydrogen-bond acceptors (Lipinski definition) is 7. The summed E-state index contributed by atoms with van der Waals surface area (Å²) in [5, 5.41) is 15.9. The van der Waals surface area contributed by atoms with E-state index >= 15 is 0 Å². The Hall–Kier alpha value is -3.63. The Labute approximate surface area is 189 Å². The van der Waals surface area contributed by atoms with E-state index in [1.807, 2.05) is 0 Å². The van der Waals surface area contributed by atoms with Gasteiger partial charge in [-0.05, 0) is 67.1 Å². The molecule has 0 spiro atoms. The number of non-ortho nitro benzene ring substituents is 1. The third-order valence-electron chi connectivity index (χ3n) is 4.41. The summed E-state index contributed by atoms with van der Waals surface area (Å²) < 4.78 is 33.5. The lowest BCUT2D eigenvalue weighted by atomic mass is 10.1. The summed E-state index contributed by atoms with van der Waals surface area (Å²) >= 11 is 5.84. The van der Waals surface area contributed by atoms with Gasteiger partial charge in [-0.15, -0.1) is 0 Å². The number of ether oxygens (including phenoxy) is 1. The van der Waals surface area contributed by atoms with Crippen molar-refractivity contribution < 1.29 is 18.1 Å². The van der Waals surface area contributed by atoms with Crippen LogP contribution in [0.4, 0.5) is 17.1 Å². The van der Waals surface area contributed by atoms with Crippen LogP contribution in [0.25, 0.3) is 0 Å². The summed E-state index contributed by atoms with van der Waals surface area (Å²) in [6.07, 6.45) is 0. The molecule has 0 amide bonds. The molecule has 0 aliphatic heterocycles. The Bertz CT molecular complexity index is 1260. The van der Waals surface area contributed by atoms with Crippen molar-refractivity contribution >= 4 is 44.4 Å². The third-order valence-corrected chi connectivity index (χ3v) is 6.09. The van der Waals surface area contributed by atoms with E-state index in [2.05, 4.69) is 15.2 Å². The van der Waals surface area contributed by atoms with Crippen molar-refractivity contribution in [3.63, 3.8) is 0 Å². The summed E-state index contributed by atoms with van der Waals surface area (Å²) in [4.78, 5) is 10.2. The van der Waals surface area contributed by atoms with Gasteiger partial charge in [0.2, 0.25) is 0 Å². The van der Waals surface area contributed by atoms with Gasteiger partial charge in [0.05, 0.1) is 23.4 Å². The number of sulfonamides is 1. The zero-order valence-corrected chi connectivity index (χ0v) is 18.6. The molecule has 0 aromatic heterocycles. The molecule has 0 radical (unpaired) electrons. The molecule has 3 rings (SSSR count). The van der Waals surface area contributed by atoms with Gasteiger partial charge in [0, 0.05) is 22.8 Å². The van der Waals surface area contributed by atoms with E-state index in [9.17, 15) is 18.5 Å². The first-order chi connectivity index (χ1) is 15.2. The van der Waals surface area contributed by atoms with Crippen LogP contribution in [-0.2, 0) is 10.0 Å². The highest BCUT2D eigenvalue weighted by Crippen LogP contribution is 2.29. The van der Waals surface area contributed by atoms with Crippen LogP contribution in [0.1, 0.15) is 12.5 Å². The normalized spacial score (nSPS) is 11.7. The smallest absolute Gasteiger partial charge is 0.270 e. The number of hydrogen-bond donors (Lipinski definition) is 2. The van der Waals surface area contributed by atoms with E-state index in [0.29, 0.717) is 16.5 Å². The summed E-state index contributed by atoms with van der Waals surface area (Å²) in [5.74, 6) is 0.687. The molecular weight excluding hydrogens is 456 g/mol. The number of nitro groups is 1. The topological polar surface area (TPSA) is 123 Å². The van der Waals surface area contributed by atoms with Crippen LogP contribution < -0.4 is 14.9 Å². The molecular formula is C21H19ClN4O5S. The van der Waals surface area contributed by atoms with Crippen molar-refractivity contribution in [3.8, 4) is 5.75 Å². The number of nitro benzene ring substituents is 1. The maximum Gasteiger partial charge on any atom is 0.270 e. The minimum absolute atomic E-state index is 0.0740. The van der Waals surface area contributed by atoms with Gasteiger partial charge in [0.25, 0.3) is 15.7 Å². The fourth-order valence-corrected chi connectivity index (χ4v) is 4.07. The Morgan fingerprint density at radius 3 is 2.31 bits per heavy atom. The first-order valence-electron chi connectivity index (χ1n) is 9.21. The van der Waals surface area contributed by atoms with Crippen molar-refractivity contribution in [2.45, 2.75) is 11.8 Å². The number of nitrogens with one attached hydrogen (secondary N) is 2. The largest absolute Gasteiger partial charge is 0.497 e. The number of methoxy groups -OCH3 is 1. The van der Waals surface area contributed by atoms with E-state index in [1.165, 1.54) is 36.4 Å². The highest BCUT2D eigenvalue weighted by Gasteiger charge is 2.23. The van der Waals surface area contributed by atoms with Gasteiger partial charge < -0.3 is 4.74 Å². The lowest BCUT2D eigenvalue weighted by molar-refractivity contribution is -0.385. The predicted octanol–water partition coefficient (Wildman–Crippen LogP) is 4.89. The van der Waals surface area contributed by atoms with Crippen molar-refractivity contribution in [2.75, 3.05) is 17.3 Å². The van der Waals surface area contributed by atoms with Crippen LogP contribution in [0.15, 0.2) is 76.7 Å². The number of halogens is 1. The van der Waals surface area contributed by atoms with Gasteiger partial charge in [0.1, 0.15) is 10.6 Å². The molecule has 3 aromatic rings. The van der Waals surface area contributed by atoms with E-state index < -0.39 is 14.9 Å². The van der Waals surface area contributed by atoms with E-state index in [4.69, 9.17) is 16.3 Å². The van der Waals surface area contributed by atoms with Crippen molar-refractivity contribution in [1.29, 1.82) is 0 Å². The highest BCUT2D eigenvalue weighted by atomic mass is 35.5. The quantitative estimate of drug-likeness (QED) is 0.272. The zero-order chi connectivity index (χ0) is 23.3. The average Bonchev–Trinajstić information content (AvgIpc) is 2.78. The third kappa shape index (κ3) is 5.54. The molecule has 11 heteroatoms. The van der Waals surface area contributed by atoms with Gasteiger partial charge >= 0.3 is 0 Å². The lowest BCUT2D eigenvalue weighted by Gasteiger charge is -2.12. The Morgan fingerprint density at radius 1 is 1.06 bits per heavy atom. The fourth-order valence-electron chi connectivity index (χ4n) is 2.71. The molecule has 2 N–H and O–H groups in total. The molecule has 0 saturated heterocycles. The van der Waals surface area contributed by atoms with Crippen LogP contribution in [0.5, 0.6) is 5.75 Å². The van der Waals surface area contributed by atoms with Crippen LogP contribution in [0, 0.1) is 10.1 Å². The molecule has 0 bridgehead atoms. The Morgan fingerprint density at radius 2 is 1.72 bits per heavy atom. The Kier molecular flexibility index (Phi) is 6.96. The average molecular weight is 475 g/mol. The maximum atomic E-state index is 13.0. The minimum atomic E-state index is -4.18. The molecule has 32 heavy (non-hydrogen) atoms. The zero-order valence-electron chi connectivity index (χ0n) is 17.1. The van der Waals surface area contributed by atoms with Gasteiger partial charge in [-0.25, -0.2) is 8.42 Å². The summed E-state index contributed by atoms with van der Waals surface area (Å²) in [6.45, 7) is 1.74. The monoisotopic (exact) mass is 474 g/mol. The SMILES string of the molecule is COc1ccc(C(C)=NNc2ccc([N+](=O)[O-])cc2S(=O)(=O)Nc2ccc(Cl)cc2)cc1. The Balaban J connectivity index is 1.94. The lowest BCUT2D eigenvalue weighted by Crippen LogP contribution is -2.15. The molecule has 0 atom stereocenters. The van der Waals surface area contributed by atoms with Gasteiger partial charge in [0.15, 0.2) is 0 Å². The van der Waals surface area contributed by atoms with Crippen molar-refractivity contribution in [3.05, 3.63) is 87.4 Å². The molecule has 0 saturated carbocycles. The van der Waals surface area contributed by atoms with E-state index in [1.54, 1.807) is 38.3 Å². The molecule has 166 valence electrons. The predicted molar refractivity (Wildman–Crippen MR) is 124 cm³/mol. The number of rotatable bonds is 8. The van der Waals surface area contributed by atoms with Crippen LogP contribution in [0.3, 0.4) is 0 Å². The van der Waals surface area contributed by atoms with Crippen molar-refractivity contribution in [2.24, 2.45) is 5.10 Å². The van der Waals surface area contributed by atoms with Gasteiger partial charge in [-0.3, -0.25) is 20.3 Å². The number of anilines is 2. The first kappa shape index (κ1) is 23.0. The molecule has 0 fully saturated rings. The first-order valence-corrected chi connectivity index (χ1v) is 11.1. The number of benzene rings is 3. The van der Waals surface area contributed by atoms with Crippen LogP contribution >= 0.6 is 11.6 Å².